The van der Waals surface area contributed by atoms with Gasteiger partial charge in [-0.2, -0.15) is 0 Å². The standard InChI is InChI=1S/C26H28N4O2/c1-19-23(26(32)29-22-10-6-3-7-11-22)18-27-25(28-19)21-14-16-30(17-15-21)24(31)13-12-20-8-4-2-5-9-20/h2-11,18,21H,12-17H2,1H3,(H,29,32). The van der Waals surface area contributed by atoms with Crippen molar-refractivity contribution >= 4 is 17.5 Å². The molecule has 0 unspecified atom stereocenters. The van der Waals surface area contributed by atoms with E-state index in [-0.39, 0.29) is 17.7 Å². The van der Waals surface area contributed by atoms with Crippen LogP contribution in [0.15, 0.2) is 66.9 Å². The van der Waals surface area contributed by atoms with Gasteiger partial charge < -0.3 is 10.2 Å². The molecule has 0 radical (unpaired) electrons. The third kappa shape index (κ3) is 5.38. The monoisotopic (exact) mass is 428 g/mol. The normalized spacial score (nSPS) is 14.2. The quantitative estimate of drug-likeness (QED) is 0.632. The molecule has 6 heteroatoms. The number of hydrogen-bond donors (Lipinski definition) is 1. The van der Waals surface area contributed by atoms with Gasteiger partial charge in [-0.3, -0.25) is 9.59 Å². The van der Waals surface area contributed by atoms with Crippen LogP contribution in [0.25, 0.3) is 0 Å². The minimum absolute atomic E-state index is 0.206. The Balaban J connectivity index is 1.31. The minimum Gasteiger partial charge on any atom is -0.343 e. The van der Waals surface area contributed by atoms with Crippen LogP contribution < -0.4 is 5.32 Å². The summed E-state index contributed by atoms with van der Waals surface area (Å²) in [5.41, 5.74) is 3.08. The summed E-state index contributed by atoms with van der Waals surface area (Å²) in [5.74, 6) is 0.963. The van der Waals surface area contributed by atoms with Crippen LogP contribution in [0, 0.1) is 6.92 Å². The largest absolute Gasteiger partial charge is 0.343 e. The maximum Gasteiger partial charge on any atom is 0.259 e. The molecule has 3 aromatic rings. The number of amides is 2. The number of rotatable bonds is 6. The Kier molecular flexibility index (Phi) is 6.90. The van der Waals surface area contributed by atoms with Crippen LogP contribution in [0.5, 0.6) is 0 Å². The maximum atomic E-state index is 12.6. The van der Waals surface area contributed by atoms with Gasteiger partial charge in [-0.25, -0.2) is 9.97 Å². The Morgan fingerprint density at radius 1 is 1.00 bits per heavy atom. The number of carbonyl (C=O) groups is 2. The molecule has 4 rings (SSSR count). The lowest BCUT2D eigenvalue weighted by molar-refractivity contribution is -0.132. The zero-order valence-electron chi connectivity index (χ0n) is 18.3. The summed E-state index contributed by atoms with van der Waals surface area (Å²) >= 11 is 0. The van der Waals surface area contributed by atoms with Crippen molar-refractivity contribution in [3.8, 4) is 0 Å². The molecule has 0 bridgehead atoms. The highest BCUT2D eigenvalue weighted by atomic mass is 16.2. The lowest BCUT2D eigenvalue weighted by atomic mass is 9.95. The second-order valence-corrected chi connectivity index (χ2v) is 8.19. The first kappa shape index (κ1) is 21.7. The van der Waals surface area contributed by atoms with E-state index in [0.717, 1.165) is 43.9 Å². The summed E-state index contributed by atoms with van der Waals surface area (Å²) in [6.45, 7) is 3.28. The molecule has 0 aliphatic carbocycles. The first-order valence-electron chi connectivity index (χ1n) is 11.1. The smallest absolute Gasteiger partial charge is 0.259 e. The minimum atomic E-state index is -0.209. The van der Waals surface area contributed by atoms with Crippen LogP contribution in [0.1, 0.15) is 52.6 Å². The summed E-state index contributed by atoms with van der Waals surface area (Å²) < 4.78 is 0. The van der Waals surface area contributed by atoms with Crippen LogP contribution in [0.2, 0.25) is 0 Å². The van der Waals surface area contributed by atoms with E-state index in [4.69, 9.17) is 0 Å². The molecule has 1 saturated heterocycles. The first-order valence-corrected chi connectivity index (χ1v) is 11.1. The second kappa shape index (κ2) is 10.2. The van der Waals surface area contributed by atoms with Gasteiger partial charge in [0, 0.05) is 37.3 Å². The van der Waals surface area contributed by atoms with Crippen LogP contribution in [-0.2, 0) is 11.2 Å². The van der Waals surface area contributed by atoms with Crippen molar-refractivity contribution in [2.75, 3.05) is 18.4 Å². The van der Waals surface area contributed by atoms with Crippen LogP contribution in [0.3, 0.4) is 0 Å². The molecule has 2 amide bonds. The van der Waals surface area contributed by atoms with Gasteiger partial charge in [0.15, 0.2) is 0 Å². The highest BCUT2D eigenvalue weighted by Gasteiger charge is 2.26. The molecule has 0 spiro atoms. The zero-order chi connectivity index (χ0) is 22.3. The molecule has 32 heavy (non-hydrogen) atoms. The van der Waals surface area contributed by atoms with E-state index in [1.165, 1.54) is 5.56 Å². The summed E-state index contributed by atoms with van der Waals surface area (Å²) in [7, 11) is 0. The number of nitrogens with zero attached hydrogens (tertiary/aromatic N) is 3. The van der Waals surface area contributed by atoms with Crippen molar-refractivity contribution in [3.63, 3.8) is 0 Å². The zero-order valence-corrected chi connectivity index (χ0v) is 18.3. The van der Waals surface area contributed by atoms with Gasteiger partial charge in [0.2, 0.25) is 5.91 Å². The van der Waals surface area contributed by atoms with Gasteiger partial charge in [-0.05, 0) is 43.9 Å². The molecule has 1 fully saturated rings. The molecule has 164 valence electrons. The number of benzene rings is 2. The molecule has 0 saturated carbocycles. The number of aromatic nitrogens is 2. The van der Waals surface area contributed by atoms with E-state index in [9.17, 15) is 9.59 Å². The Hall–Kier alpha value is -3.54. The summed E-state index contributed by atoms with van der Waals surface area (Å²) in [6.07, 6.45) is 4.61. The van der Waals surface area contributed by atoms with Crippen molar-refractivity contribution < 1.29 is 9.59 Å². The molecule has 6 nitrogen and oxygen atoms in total. The number of para-hydroxylation sites is 1. The number of piperidine rings is 1. The molecular weight excluding hydrogens is 400 g/mol. The van der Waals surface area contributed by atoms with Crippen LogP contribution in [0.4, 0.5) is 5.69 Å². The fourth-order valence-electron chi connectivity index (χ4n) is 4.07. The van der Waals surface area contributed by atoms with Crippen molar-refractivity contribution in [2.45, 2.75) is 38.5 Å². The first-order chi connectivity index (χ1) is 15.6. The lowest BCUT2D eigenvalue weighted by Crippen LogP contribution is -2.38. The number of carbonyl (C=O) groups excluding carboxylic acids is 2. The molecular formula is C26H28N4O2. The lowest BCUT2D eigenvalue weighted by Gasteiger charge is -2.31. The topological polar surface area (TPSA) is 75.2 Å². The summed E-state index contributed by atoms with van der Waals surface area (Å²) in [4.78, 5) is 36.2. The van der Waals surface area contributed by atoms with Gasteiger partial charge in [-0.1, -0.05) is 48.5 Å². The maximum absolute atomic E-state index is 12.6. The molecule has 2 aromatic carbocycles. The van der Waals surface area contributed by atoms with Crippen molar-refractivity contribution in [3.05, 3.63) is 89.5 Å². The SMILES string of the molecule is Cc1nc(C2CCN(C(=O)CCc3ccccc3)CC2)ncc1C(=O)Nc1ccccc1. The van der Waals surface area contributed by atoms with Gasteiger partial charge in [-0.15, -0.1) is 0 Å². The Morgan fingerprint density at radius 2 is 1.66 bits per heavy atom. The third-order valence-corrected chi connectivity index (χ3v) is 5.96. The summed E-state index contributed by atoms with van der Waals surface area (Å²) in [6, 6.07) is 19.5. The molecule has 1 aliphatic rings. The molecule has 1 N–H and O–H groups in total. The van der Waals surface area contributed by atoms with E-state index < -0.39 is 0 Å². The number of aryl methyl sites for hydroxylation is 2. The highest BCUT2D eigenvalue weighted by Crippen LogP contribution is 2.26. The van der Waals surface area contributed by atoms with E-state index in [1.54, 1.807) is 6.20 Å². The van der Waals surface area contributed by atoms with Crippen molar-refractivity contribution in [1.29, 1.82) is 0 Å². The van der Waals surface area contributed by atoms with Crippen LogP contribution in [-0.4, -0.2) is 39.8 Å². The van der Waals surface area contributed by atoms with E-state index in [2.05, 4.69) is 27.4 Å². The molecule has 0 atom stereocenters. The van der Waals surface area contributed by atoms with Gasteiger partial charge >= 0.3 is 0 Å². The Bertz CT molecular complexity index is 1060. The van der Waals surface area contributed by atoms with E-state index in [0.29, 0.717) is 17.7 Å². The van der Waals surface area contributed by atoms with E-state index in [1.807, 2.05) is 60.4 Å². The number of nitrogens with one attached hydrogen (secondary N) is 1. The summed E-state index contributed by atoms with van der Waals surface area (Å²) in [5, 5.41) is 2.88. The predicted molar refractivity (Wildman–Crippen MR) is 124 cm³/mol. The Morgan fingerprint density at radius 3 is 2.31 bits per heavy atom. The van der Waals surface area contributed by atoms with Crippen LogP contribution >= 0.6 is 0 Å². The van der Waals surface area contributed by atoms with Crippen molar-refractivity contribution in [1.82, 2.24) is 14.9 Å². The number of hydrogen-bond acceptors (Lipinski definition) is 4. The Labute approximate surface area is 188 Å². The number of likely N-dealkylation sites (tertiary alicyclic amines) is 1. The van der Waals surface area contributed by atoms with Gasteiger partial charge in [0.05, 0.1) is 11.3 Å². The molecule has 1 aromatic heterocycles. The highest BCUT2D eigenvalue weighted by molar-refractivity contribution is 6.04. The van der Waals surface area contributed by atoms with E-state index >= 15 is 0 Å². The fraction of sp³-hybridized carbons (Fsp3) is 0.308. The number of anilines is 1. The average Bonchev–Trinajstić information content (AvgIpc) is 2.84. The predicted octanol–water partition coefficient (Wildman–Crippen LogP) is 4.38. The molecule has 2 heterocycles. The average molecular weight is 429 g/mol. The second-order valence-electron chi connectivity index (χ2n) is 8.19. The fourth-order valence-corrected chi connectivity index (χ4v) is 4.07. The van der Waals surface area contributed by atoms with Gasteiger partial charge in [0.25, 0.3) is 5.91 Å². The van der Waals surface area contributed by atoms with Gasteiger partial charge in [0.1, 0.15) is 5.82 Å². The molecule has 1 aliphatic heterocycles. The van der Waals surface area contributed by atoms with Crippen molar-refractivity contribution in [2.24, 2.45) is 0 Å². The third-order valence-electron chi connectivity index (χ3n) is 5.96.